The molecule has 1 aliphatic rings. The highest BCUT2D eigenvalue weighted by Crippen LogP contribution is 2.32. The minimum atomic E-state index is -4.77. The van der Waals surface area contributed by atoms with E-state index < -0.39 is 23.3 Å². The van der Waals surface area contributed by atoms with Crippen LogP contribution < -0.4 is 16.3 Å². The fraction of sp³-hybridized carbons (Fsp3) is 0.357. The molecule has 40 heavy (non-hydrogen) atoms. The highest BCUT2D eigenvalue weighted by Gasteiger charge is 2.38. The summed E-state index contributed by atoms with van der Waals surface area (Å²) in [4.78, 5) is 34.2. The van der Waals surface area contributed by atoms with Crippen LogP contribution in [0.1, 0.15) is 47.3 Å². The van der Waals surface area contributed by atoms with Crippen molar-refractivity contribution in [1.29, 1.82) is 0 Å². The van der Waals surface area contributed by atoms with Crippen LogP contribution in [0.3, 0.4) is 0 Å². The molecule has 0 spiro atoms. The van der Waals surface area contributed by atoms with Gasteiger partial charge >= 0.3 is 11.9 Å². The van der Waals surface area contributed by atoms with E-state index in [2.05, 4.69) is 20.6 Å². The summed E-state index contributed by atoms with van der Waals surface area (Å²) in [6.07, 6.45) is 0.333. The van der Waals surface area contributed by atoms with Gasteiger partial charge in [-0.05, 0) is 68.4 Å². The number of rotatable bonds is 6. The summed E-state index contributed by atoms with van der Waals surface area (Å²) in [7, 11) is 1.79. The number of nitrogens with zero attached hydrogens (tertiary/aromatic N) is 4. The molecule has 1 aliphatic carbocycles. The third-order valence-corrected chi connectivity index (χ3v) is 7.59. The van der Waals surface area contributed by atoms with Gasteiger partial charge < -0.3 is 10.6 Å². The van der Waals surface area contributed by atoms with Crippen molar-refractivity contribution in [3.63, 3.8) is 0 Å². The summed E-state index contributed by atoms with van der Waals surface area (Å²) in [6, 6.07) is 10.2. The van der Waals surface area contributed by atoms with Gasteiger partial charge in [-0.25, -0.2) is 14.8 Å². The van der Waals surface area contributed by atoms with Gasteiger partial charge in [0.1, 0.15) is 5.82 Å². The molecule has 2 N–H and O–H groups in total. The summed E-state index contributed by atoms with van der Waals surface area (Å²) < 4.78 is 43.5. The number of nitrogens with one attached hydrogen (secondary N) is 2. The number of anilines is 1. The normalized spacial score (nSPS) is 17.6. The highest BCUT2D eigenvalue weighted by molar-refractivity contribution is 6.30. The maximum absolute atomic E-state index is 13.7. The largest absolute Gasteiger partial charge is 0.434 e. The number of hydrogen-bond donors (Lipinski definition) is 2. The first-order valence-corrected chi connectivity index (χ1v) is 13.3. The number of aryl methyl sites for hydroxylation is 1. The van der Waals surface area contributed by atoms with Crippen molar-refractivity contribution in [3.8, 4) is 5.69 Å². The zero-order chi connectivity index (χ0) is 28.6. The topological polar surface area (TPSA) is 93.8 Å². The second kappa shape index (κ2) is 11.0. The number of benzene rings is 1. The molecule has 0 atom stereocenters. The molecule has 5 rings (SSSR count). The molecule has 4 aromatic rings. The quantitative estimate of drug-likeness (QED) is 0.314. The van der Waals surface area contributed by atoms with Crippen LogP contribution in [-0.2, 0) is 12.7 Å². The lowest BCUT2D eigenvalue weighted by atomic mass is 9.85. The van der Waals surface area contributed by atoms with Gasteiger partial charge in [0.05, 0.1) is 33.5 Å². The number of carbonyl (C=O) groups is 1. The zero-order valence-corrected chi connectivity index (χ0v) is 22.7. The molecule has 3 aromatic heterocycles. The van der Waals surface area contributed by atoms with E-state index in [-0.39, 0.29) is 22.7 Å². The molecule has 3 heterocycles. The van der Waals surface area contributed by atoms with Crippen molar-refractivity contribution in [2.75, 3.05) is 12.4 Å². The molecule has 0 saturated heterocycles. The Morgan fingerprint density at radius 2 is 1.77 bits per heavy atom. The maximum Gasteiger partial charge on any atom is 0.434 e. The van der Waals surface area contributed by atoms with Crippen LogP contribution >= 0.6 is 11.6 Å². The Kier molecular flexibility index (Phi) is 7.59. The van der Waals surface area contributed by atoms with Crippen molar-refractivity contribution < 1.29 is 18.0 Å². The molecule has 8 nitrogen and oxygen atoms in total. The van der Waals surface area contributed by atoms with Gasteiger partial charge in [0.15, 0.2) is 5.69 Å². The lowest BCUT2D eigenvalue weighted by Gasteiger charge is -2.29. The number of imidazole rings is 1. The lowest BCUT2D eigenvalue weighted by molar-refractivity contribution is -0.141. The SMILES string of the molecule is CNc1ncc(-n2c(=O)n(C[C@H]3CC[C@H](NC(=O)c4cc(Cl)cnc4C(F)(F)F)CC3)c3ccccc32)cc1C. The molecular formula is C28H28ClF3N6O2. The van der Waals surface area contributed by atoms with E-state index in [1.165, 1.54) is 0 Å². The number of fused-ring (bicyclic) bond motifs is 1. The summed E-state index contributed by atoms with van der Waals surface area (Å²) in [5, 5.41) is 5.70. The van der Waals surface area contributed by atoms with Gasteiger partial charge in [0.2, 0.25) is 0 Å². The molecule has 0 unspecified atom stereocenters. The number of amides is 1. The number of carbonyl (C=O) groups excluding carboxylic acids is 1. The van der Waals surface area contributed by atoms with Crippen LogP contribution in [0.25, 0.3) is 16.7 Å². The van der Waals surface area contributed by atoms with E-state index in [0.717, 1.165) is 34.7 Å². The average molecular weight is 573 g/mol. The van der Waals surface area contributed by atoms with Crippen LogP contribution in [0.4, 0.5) is 19.0 Å². The summed E-state index contributed by atoms with van der Waals surface area (Å²) in [5.41, 5.74) is 1.17. The Labute approximate surface area is 233 Å². The number of hydrogen-bond acceptors (Lipinski definition) is 5. The third kappa shape index (κ3) is 5.42. The van der Waals surface area contributed by atoms with Crippen molar-refractivity contribution in [1.82, 2.24) is 24.4 Å². The van der Waals surface area contributed by atoms with E-state index in [1.54, 1.807) is 22.4 Å². The number of halogens is 4. The van der Waals surface area contributed by atoms with Crippen molar-refractivity contribution in [2.24, 2.45) is 5.92 Å². The standard InChI is InChI=1S/C28H28ClF3N6O2/c1-16-11-20(14-35-25(16)33-2)38-23-6-4-3-5-22(23)37(27(38)40)15-17-7-9-19(10-8-17)36-26(39)21-12-18(29)13-34-24(21)28(30,31)32/h3-6,11-14,17,19H,7-10,15H2,1-2H3,(H,33,35)(H,36,39)/t17-,19-. The Morgan fingerprint density at radius 3 is 2.42 bits per heavy atom. The first-order valence-electron chi connectivity index (χ1n) is 13.0. The fourth-order valence-electron chi connectivity index (χ4n) is 5.43. The van der Waals surface area contributed by atoms with Gasteiger partial charge in [0, 0.05) is 25.8 Å². The molecule has 1 amide bonds. The first kappa shape index (κ1) is 27.7. The van der Waals surface area contributed by atoms with Gasteiger partial charge in [-0.15, -0.1) is 0 Å². The fourth-order valence-corrected chi connectivity index (χ4v) is 5.59. The number of alkyl halides is 3. The molecule has 1 fully saturated rings. The molecule has 1 aromatic carbocycles. The van der Waals surface area contributed by atoms with Crippen LogP contribution in [-0.4, -0.2) is 38.1 Å². The predicted molar refractivity (Wildman–Crippen MR) is 147 cm³/mol. The van der Waals surface area contributed by atoms with E-state index in [4.69, 9.17) is 11.6 Å². The van der Waals surface area contributed by atoms with Crippen LogP contribution in [0.15, 0.2) is 53.6 Å². The number of pyridine rings is 2. The van der Waals surface area contributed by atoms with E-state index in [0.29, 0.717) is 37.9 Å². The second-order valence-corrected chi connectivity index (χ2v) is 10.5. The van der Waals surface area contributed by atoms with Gasteiger partial charge in [0.25, 0.3) is 5.91 Å². The van der Waals surface area contributed by atoms with Gasteiger partial charge in [-0.3, -0.25) is 13.9 Å². The third-order valence-electron chi connectivity index (χ3n) is 7.38. The Balaban J connectivity index is 1.31. The maximum atomic E-state index is 13.7. The minimum absolute atomic E-state index is 0.0459. The van der Waals surface area contributed by atoms with Gasteiger partial charge in [-0.1, -0.05) is 23.7 Å². The minimum Gasteiger partial charge on any atom is -0.373 e. The highest BCUT2D eigenvalue weighted by atomic mass is 35.5. The molecule has 0 radical (unpaired) electrons. The number of para-hydroxylation sites is 2. The van der Waals surface area contributed by atoms with Crippen LogP contribution in [0, 0.1) is 12.8 Å². The zero-order valence-electron chi connectivity index (χ0n) is 21.9. The smallest absolute Gasteiger partial charge is 0.373 e. The number of aromatic nitrogens is 4. The summed E-state index contributed by atoms with van der Waals surface area (Å²) in [6.45, 7) is 2.42. The molecule has 1 saturated carbocycles. The van der Waals surface area contributed by atoms with Crippen LogP contribution in [0.5, 0.6) is 0 Å². The Morgan fingerprint density at radius 1 is 1.07 bits per heavy atom. The average Bonchev–Trinajstić information content (AvgIpc) is 3.19. The Bertz CT molecular complexity index is 1620. The van der Waals surface area contributed by atoms with Crippen molar-refractivity contribution in [2.45, 2.75) is 51.4 Å². The summed E-state index contributed by atoms with van der Waals surface area (Å²) >= 11 is 5.82. The first-order chi connectivity index (χ1) is 19.1. The molecule has 0 bridgehead atoms. The van der Waals surface area contributed by atoms with Crippen molar-refractivity contribution in [3.05, 3.63) is 81.1 Å². The molecular weight excluding hydrogens is 545 g/mol. The molecule has 210 valence electrons. The van der Waals surface area contributed by atoms with E-state index >= 15 is 0 Å². The molecule has 12 heteroatoms. The van der Waals surface area contributed by atoms with Gasteiger partial charge in [-0.2, -0.15) is 13.2 Å². The Hall–Kier alpha value is -3.86. The monoisotopic (exact) mass is 572 g/mol. The van der Waals surface area contributed by atoms with E-state index in [9.17, 15) is 22.8 Å². The second-order valence-electron chi connectivity index (χ2n) is 10.1. The van der Waals surface area contributed by atoms with Crippen LogP contribution in [0.2, 0.25) is 5.02 Å². The summed E-state index contributed by atoms with van der Waals surface area (Å²) in [5.74, 6) is 0.0547. The van der Waals surface area contributed by atoms with E-state index in [1.807, 2.05) is 37.3 Å². The van der Waals surface area contributed by atoms with Crippen molar-refractivity contribution >= 4 is 34.4 Å². The lowest BCUT2D eigenvalue weighted by Crippen LogP contribution is -2.39. The predicted octanol–water partition coefficient (Wildman–Crippen LogP) is 5.59. The molecule has 0 aliphatic heterocycles.